The van der Waals surface area contributed by atoms with Gasteiger partial charge in [-0.05, 0) is 26.7 Å². The molecule has 0 saturated carbocycles. The fourth-order valence-corrected chi connectivity index (χ4v) is 3.62. The van der Waals surface area contributed by atoms with Crippen molar-refractivity contribution in [3.63, 3.8) is 0 Å². The Bertz CT molecular complexity index is 739. The molecule has 3 aliphatic heterocycles. The van der Waals surface area contributed by atoms with Crippen LogP contribution in [0.15, 0.2) is 21.9 Å². The Morgan fingerprint density at radius 2 is 1.96 bits per heavy atom. The van der Waals surface area contributed by atoms with Crippen molar-refractivity contribution < 1.29 is 18.9 Å². The van der Waals surface area contributed by atoms with Gasteiger partial charge in [-0.2, -0.15) is 0 Å². The molecule has 4 heterocycles. The van der Waals surface area contributed by atoms with Gasteiger partial charge >= 0.3 is 5.69 Å². The summed E-state index contributed by atoms with van der Waals surface area (Å²) in [6.45, 7) is 5.00. The third-order valence-corrected chi connectivity index (χ3v) is 4.70. The van der Waals surface area contributed by atoms with E-state index in [9.17, 15) is 9.59 Å². The Balaban J connectivity index is 1.78. The number of rotatable bonds is 0. The Morgan fingerprint density at radius 1 is 1.17 bits per heavy atom. The second-order valence-corrected chi connectivity index (χ2v) is 6.91. The minimum atomic E-state index is -0.745. The lowest BCUT2D eigenvalue weighted by molar-refractivity contribution is -0.202. The molecule has 2 saturated heterocycles. The highest BCUT2D eigenvalue weighted by Gasteiger charge is 2.56. The van der Waals surface area contributed by atoms with Gasteiger partial charge in [0.1, 0.15) is 18.3 Å². The fraction of sp³-hybridized carbons (Fsp3) is 0.750. The van der Waals surface area contributed by atoms with Gasteiger partial charge in [0.05, 0.1) is 6.61 Å². The molecule has 0 spiro atoms. The molecule has 3 aliphatic rings. The van der Waals surface area contributed by atoms with Crippen LogP contribution in [0.2, 0.25) is 0 Å². The third kappa shape index (κ3) is 2.63. The van der Waals surface area contributed by atoms with E-state index in [0.717, 1.165) is 6.42 Å². The molecule has 24 heavy (non-hydrogen) atoms. The van der Waals surface area contributed by atoms with Crippen LogP contribution < -0.4 is 11.2 Å². The van der Waals surface area contributed by atoms with Crippen molar-refractivity contribution in [3.8, 4) is 0 Å². The first kappa shape index (κ1) is 16.0. The summed E-state index contributed by atoms with van der Waals surface area (Å²) in [5.74, 6) is -0.745. The van der Waals surface area contributed by atoms with E-state index in [-0.39, 0.29) is 23.5 Å². The van der Waals surface area contributed by atoms with Gasteiger partial charge in [0.2, 0.25) is 0 Å². The van der Waals surface area contributed by atoms with Crippen LogP contribution in [0.1, 0.15) is 32.9 Å². The number of aromatic nitrogens is 2. The van der Waals surface area contributed by atoms with E-state index in [4.69, 9.17) is 18.9 Å². The summed E-state index contributed by atoms with van der Waals surface area (Å²) in [5.41, 5.74) is -0.675. The van der Waals surface area contributed by atoms with Crippen molar-refractivity contribution in [2.24, 2.45) is 0 Å². The zero-order valence-corrected chi connectivity index (χ0v) is 13.8. The van der Waals surface area contributed by atoms with Crippen molar-refractivity contribution in [2.75, 3.05) is 13.2 Å². The van der Waals surface area contributed by atoms with Crippen LogP contribution in [0.5, 0.6) is 0 Å². The first-order chi connectivity index (χ1) is 11.5. The summed E-state index contributed by atoms with van der Waals surface area (Å²) in [5, 5.41) is 0. The third-order valence-electron chi connectivity index (χ3n) is 4.70. The molecule has 0 aromatic carbocycles. The van der Waals surface area contributed by atoms with Gasteiger partial charge in [0.25, 0.3) is 5.56 Å². The molecule has 0 radical (unpaired) electrons. The maximum absolute atomic E-state index is 12.8. The maximum atomic E-state index is 12.8. The van der Waals surface area contributed by atoms with Gasteiger partial charge in [-0.25, -0.2) is 4.79 Å². The van der Waals surface area contributed by atoms with Crippen LogP contribution in [0, 0.1) is 0 Å². The van der Waals surface area contributed by atoms with Crippen molar-refractivity contribution in [2.45, 2.75) is 63.6 Å². The fourth-order valence-electron chi connectivity index (χ4n) is 3.62. The topological polar surface area (TPSA) is 80.9 Å². The average molecular weight is 338 g/mol. The molecular weight excluding hydrogens is 316 g/mol. The van der Waals surface area contributed by atoms with Gasteiger partial charge < -0.3 is 18.9 Å². The minimum Gasteiger partial charge on any atom is -0.379 e. The largest absolute Gasteiger partial charge is 0.379 e. The SMILES string of the molecule is CC1(C)O[C@@H]2[C@H](O1)[C@H]1COCCCCn3c(=O)ccn(c3=O)[C@@H]2O1. The Kier molecular flexibility index (Phi) is 3.87. The summed E-state index contributed by atoms with van der Waals surface area (Å²) in [6.07, 6.45) is 1.29. The van der Waals surface area contributed by atoms with Crippen molar-refractivity contribution >= 4 is 0 Å². The molecule has 0 unspecified atom stereocenters. The number of ether oxygens (including phenoxy) is 4. The standard InChI is InChI=1S/C16H22N2O6/c1-16(2)23-12-10-9-21-8-4-3-6-17-11(19)5-7-18(15(17)20)14(22-10)13(12)24-16/h5,7,10,12-14H,3-4,6,8-9H2,1-2H3/t10-,12-,13-,14-/m1/s1. The van der Waals surface area contributed by atoms with E-state index in [0.29, 0.717) is 26.2 Å². The first-order valence-electron chi connectivity index (χ1n) is 8.37. The van der Waals surface area contributed by atoms with Crippen LogP contribution >= 0.6 is 0 Å². The van der Waals surface area contributed by atoms with Crippen molar-refractivity contribution in [1.82, 2.24) is 9.13 Å². The molecule has 0 N–H and O–H groups in total. The summed E-state index contributed by atoms with van der Waals surface area (Å²) < 4.78 is 26.4. The molecule has 8 nitrogen and oxygen atoms in total. The second kappa shape index (κ2) is 5.80. The van der Waals surface area contributed by atoms with E-state index in [1.54, 1.807) is 0 Å². The Hall–Kier alpha value is -1.48. The van der Waals surface area contributed by atoms with E-state index in [1.165, 1.54) is 21.4 Å². The lowest BCUT2D eigenvalue weighted by atomic mass is 10.1. The first-order valence-corrected chi connectivity index (χ1v) is 8.37. The minimum absolute atomic E-state index is 0.302. The van der Waals surface area contributed by atoms with E-state index in [2.05, 4.69) is 0 Å². The van der Waals surface area contributed by atoms with Crippen molar-refractivity contribution in [3.05, 3.63) is 33.1 Å². The van der Waals surface area contributed by atoms with Gasteiger partial charge in [0.15, 0.2) is 12.0 Å². The molecular formula is C16H22N2O6. The highest BCUT2D eigenvalue weighted by Crippen LogP contribution is 2.42. The van der Waals surface area contributed by atoms with Crippen LogP contribution in [-0.2, 0) is 25.5 Å². The highest BCUT2D eigenvalue weighted by molar-refractivity contribution is 4.99. The lowest BCUT2D eigenvalue weighted by Gasteiger charge is -2.25. The van der Waals surface area contributed by atoms with E-state index >= 15 is 0 Å². The molecule has 1 aromatic rings. The predicted molar refractivity (Wildman–Crippen MR) is 82.8 cm³/mol. The summed E-state index contributed by atoms with van der Waals surface area (Å²) in [7, 11) is 0. The molecule has 4 rings (SSSR count). The van der Waals surface area contributed by atoms with Gasteiger partial charge in [-0.15, -0.1) is 0 Å². The summed E-state index contributed by atoms with van der Waals surface area (Å²) in [4.78, 5) is 24.8. The van der Waals surface area contributed by atoms with E-state index < -0.39 is 18.1 Å². The number of hydrogen-bond donors (Lipinski definition) is 0. The molecule has 4 atom stereocenters. The van der Waals surface area contributed by atoms with Crippen LogP contribution in [-0.4, -0.2) is 46.4 Å². The molecule has 8 heteroatoms. The zero-order valence-electron chi connectivity index (χ0n) is 13.8. The highest BCUT2D eigenvalue weighted by atomic mass is 16.8. The molecule has 1 aromatic heterocycles. The Morgan fingerprint density at radius 3 is 2.79 bits per heavy atom. The van der Waals surface area contributed by atoms with Gasteiger partial charge in [0, 0.05) is 25.4 Å². The summed E-state index contributed by atoms with van der Waals surface area (Å²) >= 11 is 0. The smallest absolute Gasteiger partial charge is 0.333 e. The molecule has 4 bridgehead atoms. The van der Waals surface area contributed by atoms with Crippen LogP contribution in [0.4, 0.5) is 0 Å². The monoisotopic (exact) mass is 338 g/mol. The van der Waals surface area contributed by atoms with Crippen molar-refractivity contribution in [1.29, 1.82) is 0 Å². The zero-order chi connectivity index (χ0) is 16.9. The molecule has 132 valence electrons. The quantitative estimate of drug-likeness (QED) is 0.674. The van der Waals surface area contributed by atoms with E-state index in [1.807, 2.05) is 13.8 Å². The van der Waals surface area contributed by atoms with Gasteiger partial charge in [-0.3, -0.25) is 13.9 Å². The lowest BCUT2D eigenvalue weighted by Crippen LogP contribution is -2.43. The average Bonchev–Trinajstić information content (AvgIpc) is 2.99. The normalized spacial score (nSPS) is 35.1. The van der Waals surface area contributed by atoms with Gasteiger partial charge in [-0.1, -0.05) is 0 Å². The van der Waals surface area contributed by atoms with Crippen LogP contribution in [0.3, 0.4) is 0 Å². The van der Waals surface area contributed by atoms with Crippen LogP contribution in [0.25, 0.3) is 0 Å². The Labute approximate surface area is 138 Å². The summed E-state index contributed by atoms with van der Waals surface area (Å²) in [6, 6.07) is 1.40. The molecule has 2 fully saturated rings. The second-order valence-electron chi connectivity index (χ2n) is 6.91. The number of fused-ring (bicyclic) bond motifs is 8. The number of hydrogen-bond acceptors (Lipinski definition) is 6. The number of nitrogens with zero attached hydrogens (tertiary/aromatic N) is 2. The maximum Gasteiger partial charge on any atom is 0.333 e. The predicted octanol–water partition coefficient (Wildman–Crippen LogP) is 0.238. The molecule has 0 amide bonds. The molecule has 0 aliphatic carbocycles.